The molecule has 1 atom stereocenters. The van der Waals surface area contributed by atoms with E-state index in [0.717, 1.165) is 12.8 Å². The van der Waals surface area contributed by atoms with Gasteiger partial charge in [0.2, 0.25) is 0 Å². The lowest BCUT2D eigenvalue weighted by Crippen LogP contribution is -2.34. The molecular formula is C19H20Cl2N2O4S. The molecule has 1 amide bonds. The predicted molar refractivity (Wildman–Crippen MR) is 110 cm³/mol. The molecule has 2 aromatic carbocycles. The van der Waals surface area contributed by atoms with Crippen LogP contribution in [-0.4, -0.2) is 27.5 Å². The summed E-state index contributed by atoms with van der Waals surface area (Å²) in [5, 5.41) is 2.86. The number of nitrogens with one attached hydrogen (secondary N) is 2. The molecule has 1 aliphatic carbocycles. The maximum Gasteiger partial charge on any atom is 0.263 e. The Morgan fingerprint density at radius 1 is 1.18 bits per heavy atom. The molecule has 0 saturated heterocycles. The lowest BCUT2D eigenvalue weighted by Gasteiger charge is -2.16. The second-order valence-corrected chi connectivity index (χ2v) is 9.13. The number of benzene rings is 2. The highest BCUT2D eigenvalue weighted by Crippen LogP contribution is 2.34. The summed E-state index contributed by atoms with van der Waals surface area (Å²) in [7, 11) is -2.65. The third-order valence-corrected chi connectivity index (χ3v) is 6.74. The van der Waals surface area contributed by atoms with Gasteiger partial charge in [-0.05, 0) is 49.9 Å². The molecule has 28 heavy (non-hydrogen) atoms. The predicted octanol–water partition coefficient (Wildman–Crippen LogP) is 4.33. The van der Waals surface area contributed by atoms with Crippen LogP contribution in [-0.2, 0) is 10.0 Å². The third kappa shape index (κ3) is 4.54. The summed E-state index contributed by atoms with van der Waals surface area (Å²) >= 11 is 12.3. The topological polar surface area (TPSA) is 84.5 Å². The average molecular weight is 443 g/mol. The van der Waals surface area contributed by atoms with E-state index in [4.69, 9.17) is 27.9 Å². The number of halogens is 2. The van der Waals surface area contributed by atoms with E-state index < -0.39 is 15.9 Å². The van der Waals surface area contributed by atoms with E-state index in [9.17, 15) is 13.2 Å². The molecule has 0 aromatic heterocycles. The minimum absolute atomic E-state index is 0.00833. The zero-order valence-electron chi connectivity index (χ0n) is 15.3. The van der Waals surface area contributed by atoms with Crippen molar-refractivity contribution in [1.29, 1.82) is 0 Å². The Kier molecular flexibility index (Phi) is 6.07. The first kappa shape index (κ1) is 20.8. The number of para-hydroxylation sites is 2. The monoisotopic (exact) mass is 442 g/mol. The number of methoxy groups -OCH3 is 1. The highest BCUT2D eigenvalue weighted by molar-refractivity contribution is 7.92. The molecule has 1 aliphatic rings. The van der Waals surface area contributed by atoms with Gasteiger partial charge in [0.25, 0.3) is 15.9 Å². The fourth-order valence-corrected chi connectivity index (χ4v) is 4.77. The van der Waals surface area contributed by atoms with E-state index in [2.05, 4.69) is 10.0 Å². The largest absolute Gasteiger partial charge is 0.495 e. The molecular weight excluding hydrogens is 423 g/mol. The zero-order chi connectivity index (χ0) is 20.5. The van der Waals surface area contributed by atoms with Gasteiger partial charge in [-0.25, -0.2) is 8.42 Å². The molecule has 0 aliphatic heterocycles. The molecule has 0 spiro atoms. The van der Waals surface area contributed by atoms with Gasteiger partial charge >= 0.3 is 0 Å². The maximum absolute atomic E-state index is 12.9. The van der Waals surface area contributed by atoms with Crippen molar-refractivity contribution < 1.29 is 17.9 Å². The lowest BCUT2D eigenvalue weighted by atomic mass is 10.1. The SMILES string of the molecule is COc1ccccc1NS(=O)(=O)c1cc(C(=O)N[C@@H](C)C2CC2)c(Cl)cc1Cl. The van der Waals surface area contributed by atoms with E-state index in [-0.39, 0.29) is 32.2 Å². The van der Waals surface area contributed by atoms with Crippen LogP contribution < -0.4 is 14.8 Å². The fraction of sp³-hybridized carbons (Fsp3) is 0.316. The van der Waals surface area contributed by atoms with Crippen LogP contribution in [0.1, 0.15) is 30.1 Å². The van der Waals surface area contributed by atoms with Crippen LogP contribution in [0.2, 0.25) is 10.0 Å². The summed E-state index contributed by atoms with van der Waals surface area (Å²) < 4.78 is 33.4. The molecule has 1 saturated carbocycles. The first-order valence-electron chi connectivity index (χ1n) is 8.68. The number of ether oxygens (including phenoxy) is 1. The van der Waals surface area contributed by atoms with Gasteiger partial charge in [-0.2, -0.15) is 0 Å². The first-order chi connectivity index (χ1) is 13.2. The standard InChI is InChI=1S/C19H20Cl2N2O4S/c1-11(12-7-8-12)22-19(24)13-9-18(15(21)10-14(13)20)28(25,26)23-16-5-3-4-6-17(16)27-2/h3-6,9-12,23H,7-8H2,1-2H3,(H,22,24)/t11-/m0/s1. The summed E-state index contributed by atoms with van der Waals surface area (Å²) in [6, 6.07) is 9.02. The number of rotatable bonds is 7. The molecule has 2 N–H and O–H groups in total. The number of amides is 1. The van der Waals surface area contributed by atoms with Gasteiger partial charge in [0.05, 0.1) is 28.4 Å². The van der Waals surface area contributed by atoms with Gasteiger partial charge in [-0.3, -0.25) is 9.52 Å². The minimum atomic E-state index is -4.08. The smallest absolute Gasteiger partial charge is 0.263 e. The Bertz CT molecular complexity index is 1010. The van der Waals surface area contributed by atoms with Crippen molar-refractivity contribution in [2.45, 2.75) is 30.7 Å². The number of anilines is 1. The highest BCUT2D eigenvalue weighted by Gasteiger charge is 2.30. The van der Waals surface area contributed by atoms with Gasteiger partial charge in [0.1, 0.15) is 10.6 Å². The molecule has 0 heterocycles. The summed E-state index contributed by atoms with van der Waals surface area (Å²) in [5.74, 6) is 0.368. The van der Waals surface area contributed by atoms with Crippen molar-refractivity contribution in [1.82, 2.24) is 5.32 Å². The van der Waals surface area contributed by atoms with Crippen LogP contribution in [0.25, 0.3) is 0 Å². The Morgan fingerprint density at radius 2 is 1.86 bits per heavy atom. The molecule has 2 aromatic rings. The van der Waals surface area contributed by atoms with E-state index in [1.165, 1.54) is 19.2 Å². The molecule has 9 heteroatoms. The maximum atomic E-state index is 12.9. The fourth-order valence-electron chi connectivity index (χ4n) is 2.84. The lowest BCUT2D eigenvalue weighted by molar-refractivity contribution is 0.0936. The van der Waals surface area contributed by atoms with Crippen LogP contribution in [0.3, 0.4) is 0 Å². The van der Waals surface area contributed by atoms with Crippen molar-refractivity contribution in [3.05, 3.63) is 52.0 Å². The van der Waals surface area contributed by atoms with Gasteiger partial charge in [0.15, 0.2) is 0 Å². The number of sulfonamides is 1. The van der Waals surface area contributed by atoms with E-state index >= 15 is 0 Å². The molecule has 1 fully saturated rings. The quantitative estimate of drug-likeness (QED) is 0.667. The number of hydrogen-bond acceptors (Lipinski definition) is 4. The van der Waals surface area contributed by atoms with Crippen LogP contribution in [0, 0.1) is 5.92 Å². The van der Waals surface area contributed by atoms with Crippen molar-refractivity contribution in [2.75, 3.05) is 11.8 Å². The Labute approximate surface area is 174 Å². The molecule has 0 bridgehead atoms. The van der Waals surface area contributed by atoms with Crippen LogP contribution in [0.4, 0.5) is 5.69 Å². The molecule has 3 rings (SSSR count). The second-order valence-electron chi connectivity index (χ2n) is 6.67. The average Bonchev–Trinajstić information content (AvgIpc) is 3.46. The second kappa shape index (κ2) is 8.19. The van der Waals surface area contributed by atoms with Gasteiger partial charge in [-0.15, -0.1) is 0 Å². The van der Waals surface area contributed by atoms with Crippen molar-refractivity contribution in [3.63, 3.8) is 0 Å². The summed E-state index contributed by atoms with van der Waals surface area (Å²) in [5.41, 5.74) is 0.309. The van der Waals surface area contributed by atoms with E-state index in [1.807, 2.05) is 6.92 Å². The van der Waals surface area contributed by atoms with Crippen molar-refractivity contribution in [2.24, 2.45) is 5.92 Å². The Hall–Kier alpha value is -1.96. The summed E-state index contributed by atoms with van der Waals surface area (Å²) in [6.45, 7) is 1.92. The van der Waals surface area contributed by atoms with Gasteiger partial charge in [-0.1, -0.05) is 35.3 Å². The summed E-state index contributed by atoms with van der Waals surface area (Å²) in [4.78, 5) is 12.3. The van der Waals surface area contributed by atoms with Crippen LogP contribution >= 0.6 is 23.2 Å². The normalized spacial score (nSPS) is 15.0. The number of carbonyl (C=O) groups is 1. The minimum Gasteiger partial charge on any atom is -0.495 e. The Balaban J connectivity index is 1.93. The highest BCUT2D eigenvalue weighted by atomic mass is 35.5. The van der Waals surface area contributed by atoms with Crippen molar-refractivity contribution >= 4 is 44.8 Å². The molecule has 0 radical (unpaired) electrons. The molecule has 0 unspecified atom stereocenters. The van der Waals surface area contributed by atoms with E-state index in [0.29, 0.717) is 11.7 Å². The van der Waals surface area contributed by atoms with E-state index in [1.54, 1.807) is 24.3 Å². The zero-order valence-corrected chi connectivity index (χ0v) is 17.7. The number of carbonyl (C=O) groups excluding carboxylic acids is 1. The van der Waals surface area contributed by atoms with Gasteiger partial charge < -0.3 is 10.1 Å². The van der Waals surface area contributed by atoms with Crippen LogP contribution in [0.15, 0.2) is 41.3 Å². The number of hydrogen-bond donors (Lipinski definition) is 2. The third-order valence-electron chi connectivity index (χ3n) is 4.59. The Morgan fingerprint density at radius 3 is 2.50 bits per heavy atom. The van der Waals surface area contributed by atoms with Gasteiger partial charge in [0, 0.05) is 6.04 Å². The first-order valence-corrected chi connectivity index (χ1v) is 10.9. The van der Waals surface area contributed by atoms with Crippen LogP contribution in [0.5, 0.6) is 5.75 Å². The molecule has 6 nitrogen and oxygen atoms in total. The summed E-state index contributed by atoms with van der Waals surface area (Å²) in [6.07, 6.45) is 2.14. The molecule has 150 valence electrons. The van der Waals surface area contributed by atoms with Crippen molar-refractivity contribution in [3.8, 4) is 5.75 Å².